The molecule has 0 bridgehead atoms. The van der Waals surface area contributed by atoms with E-state index in [1.54, 1.807) is 5.57 Å². The highest BCUT2D eigenvalue weighted by Gasteiger charge is 2.52. The van der Waals surface area contributed by atoms with E-state index in [1.807, 2.05) is 0 Å². The minimum atomic E-state index is 0.109. The molecule has 2 aromatic rings. The Bertz CT molecular complexity index is 881. The van der Waals surface area contributed by atoms with Crippen LogP contribution in [0.3, 0.4) is 0 Å². The maximum Gasteiger partial charge on any atom is 0.0194 e. The Morgan fingerprint density at radius 2 is 1.25 bits per heavy atom. The van der Waals surface area contributed by atoms with E-state index in [0.29, 0.717) is 5.92 Å². The molecule has 0 atom stereocenters. The van der Waals surface area contributed by atoms with Gasteiger partial charge in [0.15, 0.2) is 0 Å². The summed E-state index contributed by atoms with van der Waals surface area (Å²) in [5, 5.41) is 0. The van der Waals surface area contributed by atoms with Gasteiger partial charge in [-0.25, -0.2) is 0 Å². The van der Waals surface area contributed by atoms with Crippen LogP contribution < -0.4 is 0 Å². The van der Waals surface area contributed by atoms with Crippen molar-refractivity contribution in [3.63, 3.8) is 0 Å². The van der Waals surface area contributed by atoms with Crippen molar-refractivity contribution in [1.29, 1.82) is 0 Å². The minimum absolute atomic E-state index is 0.109. The first kappa shape index (κ1) is 19.2. The van der Waals surface area contributed by atoms with E-state index >= 15 is 0 Å². The van der Waals surface area contributed by atoms with Gasteiger partial charge in [-0.3, -0.25) is 0 Å². The van der Waals surface area contributed by atoms with E-state index < -0.39 is 0 Å². The molecule has 0 nitrogen and oxygen atoms in total. The number of fused-ring (bicyclic) bond motifs is 3. The van der Waals surface area contributed by atoms with Gasteiger partial charge in [0.25, 0.3) is 0 Å². The van der Waals surface area contributed by atoms with Crippen LogP contribution in [0.5, 0.6) is 0 Å². The predicted molar refractivity (Wildman–Crippen MR) is 122 cm³/mol. The maximum atomic E-state index is 2.48. The second-order valence-corrected chi connectivity index (χ2v) is 10.6. The highest BCUT2D eigenvalue weighted by molar-refractivity contribution is 5.78. The van der Waals surface area contributed by atoms with Gasteiger partial charge >= 0.3 is 0 Å². The molecular formula is C28H34. The second kappa shape index (κ2) is 6.48. The van der Waals surface area contributed by atoms with Crippen molar-refractivity contribution in [2.45, 2.75) is 60.3 Å². The van der Waals surface area contributed by atoms with Crippen LogP contribution in [0, 0.1) is 16.2 Å². The van der Waals surface area contributed by atoms with E-state index in [0.717, 1.165) is 6.42 Å². The summed E-state index contributed by atoms with van der Waals surface area (Å²) in [5.41, 5.74) is 7.97. The molecule has 0 spiro atoms. The van der Waals surface area contributed by atoms with Gasteiger partial charge in [-0.05, 0) is 45.9 Å². The molecule has 28 heavy (non-hydrogen) atoms. The molecule has 2 aliphatic carbocycles. The molecule has 0 heterocycles. The zero-order valence-corrected chi connectivity index (χ0v) is 18.3. The summed E-state index contributed by atoms with van der Waals surface area (Å²) in [6.45, 7) is 14.4. The molecule has 0 saturated heterocycles. The smallest absolute Gasteiger partial charge is 0.0194 e. The fourth-order valence-corrected chi connectivity index (χ4v) is 6.29. The summed E-state index contributed by atoms with van der Waals surface area (Å²) < 4.78 is 0. The van der Waals surface area contributed by atoms with Gasteiger partial charge in [0.2, 0.25) is 0 Å². The highest BCUT2D eigenvalue weighted by Crippen LogP contribution is 2.60. The Kier molecular flexibility index (Phi) is 4.45. The van der Waals surface area contributed by atoms with Crippen LogP contribution in [0.15, 0.2) is 72.3 Å². The topological polar surface area (TPSA) is 0 Å². The number of hydrogen-bond donors (Lipinski definition) is 0. The molecule has 0 aliphatic heterocycles. The summed E-state index contributed by atoms with van der Waals surface area (Å²) in [7, 11) is 0. The lowest BCUT2D eigenvalue weighted by atomic mass is 9.51. The van der Waals surface area contributed by atoms with Gasteiger partial charge in [0.1, 0.15) is 0 Å². The van der Waals surface area contributed by atoms with Crippen molar-refractivity contribution >= 4 is 0 Å². The molecular weight excluding hydrogens is 336 g/mol. The normalized spacial score (nSPS) is 18.1. The first-order valence-electron chi connectivity index (χ1n) is 10.7. The van der Waals surface area contributed by atoms with Crippen molar-refractivity contribution in [3.8, 4) is 11.1 Å². The summed E-state index contributed by atoms with van der Waals surface area (Å²) in [6.07, 6.45) is 9.52. The van der Waals surface area contributed by atoms with Crippen LogP contribution >= 0.6 is 0 Å². The van der Waals surface area contributed by atoms with Gasteiger partial charge in [-0.15, -0.1) is 0 Å². The van der Waals surface area contributed by atoms with Gasteiger partial charge in [-0.1, -0.05) is 114 Å². The zero-order valence-electron chi connectivity index (χ0n) is 18.3. The third-order valence-electron chi connectivity index (χ3n) is 7.18. The van der Waals surface area contributed by atoms with E-state index in [4.69, 9.17) is 0 Å². The Morgan fingerprint density at radius 3 is 1.75 bits per heavy atom. The number of allylic oxidation sites excluding steroid dienone is 4. The molecule has 0 amide bonds. The van der Waals surface area contributed by atoms with Gasteiger partial charge in [0, 0.05) is 11.3 Å². The van der Waals surface area contributed by atoms with E-state index in [2.05, 4.69) is 108 Å². The van der Waals surface area contributed by atoms with Crippen molar-refractivity contribution in [1.82, 2.24) is 0 Å². The van der Waals surface area contributed by atoms with Crippen LogP contribution in [-0.2, 0) is 0 Å². The van der Waals surface area contributed by atoms with Crippen LogP contribution in [-0.4, -0.2) is 0 Å². The molecule has 0 heteroatoms. The Balaban J connectivity index is 1.67. The molecule has 146 valence electrons. The molecule has 0 aromatic heterocycles. The summed E-state index contributed by atoms with van der Waals surface area (Å²) in [4.78, 5) is 0. The van der Waals surface area contributed by atoms with E-state index in [9.17, 15) is 0 Å². The van der Waals surface area contributed by atoms with Crippen molar-refractivity contribution in [3.05, 3.63) is 83.5 Å². The van der Waals surface area contributed by atoms with Gasteiger partial charge in [0.05, 0.1) is 0 Å². The third-order valence-corrected chi connectivity index (χ3v) is 7.18. The third kappa shape index (κ3) is 2.72. The molecule has 4 rings (SSSR count). The van der Waals surface area contributed by atoms with Crippen LogP contribution in [0.4, 0.5) is 0 Å². The Labute approximate surface area is 171 Å². The molecule has 0 radical (unpaired) electrons. The SMILES string of the molecule is CC(C)(C)C1(C(C)(C)C)C=CC=C1CCC1c2ccccc2-c2ccccc21. The summed E-state index contributed by atoms with van der Waals surface area (Å²) in [6, 6.07) is 18.0. The standard InChI is InChI=1S/C28H34/c1-26(2,3)28(27(4,5)6)19-11-12-20(28)17-18-25-23-15-9-7-13-21(23)22-14-8-10-16-24(22)25/h7-16,19,25H,17-18H2,1-6H3. The number of rotatable bonds is 3. The Morgan fingerprint density at radius 1 is 0.750 bits per heavy atom. The average Bonchev–Trinajstić information content (AvgIpc) is 3.19. The monoisotopic (exact) mass is 370 g/mol. The van der Waals surface area contributed by atoms with Crippen LogP contribution in [0.2, 0.25) is 0 Å². The predicted octanol–water partition coefficient (Wildman–Crippen LogP) is 8.15. The molecule has 0 unspecified atom stereocenters. The van der Waals surface area contributed by atoms with Crippen LogP contribution in [0.1, 0.15) is 71.4 Å². The van der Waals surface area contributed by atoms with Crippen LogP contribution in [0.25, 0.3) is 11.1 Å². The largest absolute Gasteiger partial charge is 0.0732 e. The molecule has 2 aromatic carbocycles. The quantitative estimate of drug-likeness (QED) is 0.511. The Hall–Kier alpha value is -2.08. The highest BCUT2D eigenvalue weighted by atomic mass is 14.6. The summed E-state index contributed by atoms with van der Waals surface area (Å²) >= 11 is 0. The molecule has 0 saturated carbocycles. The minimum Gasteiger partial charge on any atom is -0.0732 e. The number of hydrogen-bond acceptors (Lipinski definition) is 0. The lowest BCUT2D eigenvalue weighted by molar-refractivity contribution is 0.0538. The second-order valence-electron chi connectivity index (χ2n) is 10.6. The summed E-state index contributed by atoms with van der Waals surface area (Å²) in [5.74, 6) is 0.506. The lowest BCUT2D eigenvalue weighted by Crippen LogP contribution is -2.45. The molecule has 0 fully saturated rings. The fourth-order valence-electron chi connectivity index (χ4n) is 6.29. The lowest BCUT2D eigenvalue weighted by Gasteiger charge is -2.52. The molecule has 2 aliphatic rings. The van der Waals surface area contributed by atoms with Crippen molar-refractivity contribution < 1.29 is 0 Å². The van der Waals surface area contributed by atoms with Gasteiger partial charge in [-0.2, -0.15) is 0 Å². The van der Waals surface area contributed by atoms with Crippen molar-refractivity contribution in [2.24, 2.45) is 16.2 Å². The van der Waals surface area contributed by atoms with E-state index in [1.165, 1.54) is 28.7 Å². The first-order valence-corrected chi connectivity index (χ1v) is 10.7. The van der Waals surface area contributed by atoms with Gasteiger partial charge < -0.3 is 0 Å². The van der Waals surface area contributed by atoms with E-state index in [-0.39, 0.29) is 16.2 Å². The number of benzene rings is 2. The van der Waals surface area contributed by atoms with Crippen molar-refractivity contribution in [2.75, 3.05) is 0 Å². The first-order chi connectivity index (χ1) is 13.2. The molecule has 0 N–H and O–H groups in total. The zero-order chi connectivity index (χ0) is 20.2. The fraction of sp³-hybridized carbons (Fsp3) is 0.429. The average molecular weight is 371 g/mol. The maximum absolute atomic E-state index is 2.48.